The molecule has 22 heavy (non-hydrogen) atoms. The summed E-state index contributed by atoms with van der Waals surface area (Å²) >= 11 is 0. The highest BCUT2D eigenvalue weighted by Gasteiger charge is 1.91. The lowest BCUT2D eigenvalue weighted by Gasteiger charge is -2.00. The summed E-state index contributed by atoms with van der Waals surface area (Å²) in [6.07, 6.45) is 21.3. The molecule has 0 aliphatic carbocycles. The normalized spacial score (nSPS) is 10.1. The lowest BCUT2D eigenvalue weighted by Crippen LogP contribution is -1.84. The summed E-state index contributed by atoms with van der Waals surface area (Å²) in [5, 5.41) is 8.57. The van der Waals surface area contributed by atoms with Crippen molar-refractivity contribution in [3.05, 3.63) is 0 Å². The first kappa shape index (κ1) is 23.9. The van der Waals surface area contributed by atoms with Gasteiger partial charge in [-0.25, -0.2) is 0 Å². The Balaban J connectivity index is 0. The van der Waals surface area contributed by atoms with Gasteiger partial charge in [0.1, 0.15) is 6.29 Å². The van der Waals surface area contributed by atoms with Crippen molar-refractivity contribution in [2.45, 2.75) is 117 Å². The summed E-state index contributed by atoms with van der Waals surface area (Å²) in [4.78, 5) is 9.84. The van der Waals surface area contributed by atoms with Crippen LogP contribution >= 0.6 is 0 Å². The Morgan fingerprint density at radius 1 is 0.591 bits per heavy atom. The molecule has 0 spiro atoms. The minimum Gasteiger partial charge on any atom is -0.396 e. The van der Waals surface area contributed by atoms with E-state index in [0.717, 1.165) is 25.5 Å². The molecule has 0 heterocycles. The first-order valence-electron chi connectivity index (χ1n) is 9.87. The van der Waals surface area contributed by atoms with Crippen LogP contribution < -0.4 is 0 Å². The predicted octanol–water partition coefficient (Wildman–Crippen LogP) is 6.45. The fourth-order valence-corrected chi connectivity index (χ4v) is 2.43. The minimum absolute atomic E-state index is 0.372. The molecule has 0 aromatic carbocycles. The Morgan fingerprint density at radius 2 is 0.955 bits per heavy atom. The third-order valence-corrected chi connectivity index (χ3v) is 3.94. The second kappa shape index (κ2) is 25.6. The zero-order valence-electron chi connectivity index (χ0n) is 15.5. The highest BCUT2D eigenvalue weighted by Crippen LogP contribution is 2.10. The first-order chi connectivity index (χ1) is 10.8. The molecule has 0 amide bonds. The molecule has 0 saturated heterocycles. The van der Waals surface area contributed by atoms with Gasteiger partial charge in [0, 0.05) is 13.0 Å². The molecule has 1 N–H and O–H groups in total. The summed E-state index contributed by atoms with van der Waals surface area (Å²) in [7, 11) is 0. The topological polar surface area (TPSA) is 37.3 Å². The second-order valence-electron chi connectivity index (χ2n) is 6.28. The molecule has 0 rings (SSSR count). The van der Waals surface area contributed by atoms with Gasteiger partial charge in [0.25, 0.3) is 0 Å². The summed E-state index contributed by atoms with van der Waals surface area (Å²) in [6, 6.07) is 0. The molecule has 0 bridgehead atoms. The van der Waals surface area contributed by atoms with Crippen molar-refractivity contribution < 1.29 is 9.90 Å². The Bertz CT molecular complexity index is 171. The number of hydrogen-bond donors (Lipinski definition) is 1. The maximum absolute atomic E-state index is 9.84. The van der Waals surface area contributed by atoms with Gasteiger partial charge in [0.05, 0.1) is 0 Å². The van der Waals surface area contributed by atoms with Crippen molar-refractivity contribution in [2.75, 3.05) is 6.61 Å². The van der Waals surface area contributed by atoms with Gasteiger partial charge in [0.15, 0.2) is 0 Å². The van der Waals surface area contributed by atoms with Gasteiger partial charge >= 0.3 is 0 Å². The third kappa shape index (κ3) is 27.9. The van der Waals surface area contributed by atoms with Crippen molar-refractivity contribution in [1.29, 1.82) is 0 Å². The first-order valence-corrected chi connectivity index (χ1v) is 9.87. The molecule has 0 aliphatic heterocycles. The van der Waals surface area contributed by atoms with Gasteiger partial charge in [0.2, 0.25) is 0 Å². The molecular weight excluding hydrogens is 272 g/mol. The van der Waals surface area contributed by atoms with Crippen LogP contribution in [0.5, 0.6) is 0 Å². The van der Waals surface area contributed by atoms with Crippen LogP contribution in [0.2, 0.25) is 0 Å². The lowest BCUT2D eigenvalue weighted by atomic mass is 10.1. The zero-order valence-corrected chi connectivity index (χ0v) is 15.5. The Morgan fingerprint density at radius 3 is 1.32 bits per heavy atom. The van der Waals surface area contributed by atoms with Crippen molar-refractivity contribution in [3.8, 4) is 0 Å². The Labute approximate surface area is 140 Å². The number of aliphatic hydroxyl groups is 1. The van der Waals surface area contributed by atoms with E-state index in [9.17, 15) is 4.79 Å². The second-order valence-corrected chi connectivity index (χ2v) is 6.28. The monoisotopic (exact) mass is 314 g/mol. The van der Waals surface area contributed by atoms with Crippen LogP contribution in [0.15, 0.2) is 0 Å². The number of unbranched alkanes of at least 4 members (excludes halogenated alkanes) is 14. The average molecular weight is 315 g/mol. The average Bonchev–Trinajstić information content (AvgIpc) is 2.54. The standard InChI is InChI=1S/C12H26O.C8H16O/c1-2-3-4-5-6-7-8-9-10-11-12-13;1-2-3-4-5-6-7-8-9/h13H,2-12H2,1H3;8H,2-7H2,1H3. The molecule has 0 unspecified atom stereocenters. The zero-order chi connectivity index (χ0) is 16.7. The molecule has 0 aromatic heterocycles. The van der Waals surface area contributed by atoms with Gasteiger partial charge in [-0.1, -0.05) is 97.3 Å². The molecule has 0 aromatic rings. The van der Waals surface area contributed by atoms with E-state index in [1.807, 2.05) is 0 Å². The van der Waals surface area contributed by atoms with Crippen LogP contribution in [0.1, 0.15) is 117 Å². The number of hydrogen-bond acceptors (Lipinski definition) is 2. The fourth-order valence-electron chi connectivity index (χ4n) is 2.43. The molecule has 0 radical (unpaired) electrons. The van der Waals surface area contributed by atoms with E-state index >= 15 is 0 Å². The van der Waals surface area contributed by atoms with Gasteiger partial charge in [-0.3, -0.25) is 0 Å². The van der Waals surface area contributed by atoms with Crippen LogP contribution in [0.4, 0.5) is 0 Å². The van der Waals surface area contributed by atoms with Crippen molar-refractivity contribution in [1.82, 2.24) is 0 Å². The number of carbonyl (C=O) groups excluding carboxylic acids is 1. The molecule has 0 saturated carbocycles. The molecule has 0 fully saturated rings. The van der Waals surface area contributed by atoms with Crippen LogP contribution in [0.25, 0.3) is 0 Å². The van der Waals surface area contributed by atoms with Crippen LogP contribution in [0.3, 0.4) is 0 Å². The summed E-state index contributed by atoms with van der Waals surface area (Å²) in [6.45, 7) is 4.82. The van der Waals surface area contributed by atoms with E-state index in [-0.39, 0.29) is 0 Å². The van der Waals surface area contributed by atoms with E-state index in [1.54, 1.807) is 0 Å². The van der Waals surface area contributed by atoms with Gasteiger partial charge in [-0.05, 0) is 12.8 Å². The summed E-state index contributed by atoms with van der Waals surface area (Å²) in [5.74, 6) is 0. The molecule has 2 nitrogen and oxygen atoms in total. The third-order valence-electron chi connectivity index (χ3n) is 3.94. The largest absolute Gasteiger partial charge is 0.396 e. The maximum atomic E-state index is 9.84. The molecule has 0 atom stereocenters. The highest BCUT2D eigenvalue weighted by atomic mass is 16.2. The van der Waals surface area contributed by atoms with Gasteiger partial charge in [-0.15, -0.1) is 0 Å². The molecule has 134 valence electrons. The number of carbonyl (C=O) groups is 1. The molecule has 2 heteroatoms. The van der Waals surface area contributed by atoms with E-state index < -0.39 is 0 Å². The molecule has 0 aliphatic rings. The Kier molecular flexibility index (Phi) is 27.8. The lowest BCUT2D eigenvalue weighted by molar-refractivity contribution is -0.107. The number of aldehydes is 1. The van der Waals surface area contributed by atoms with Crippen molar-refractivity contribution in [2.24, 2.45) is 0 Å². The Hall–Kier alpha value is -0.370. The predicted molar refractivity (Wildman–Crippen MR) is 98.4 cm³/mol. The van der Waals surface area contributed by atoms with Crippen molar-refractivity contribution in [3.63, 3.8) is 0 Å². The van der Waals surface area contributed by atoms with Crippen LogP contribution in [-0.4, -0.2) is 18.0 Å². The highest BCUT2D eigenvalue weighted by molar-refractivity contribution is 5.48. The van der Waals surface area contributed by atoms with Crippen LogP contribution in [-0.2, 0) is 4.79 Å². The fraction of sp³-hybridized carbons (Fsp3) is 0.950. The summed E-state index contributed by atoms with van der Waals surface area (Å²) in [5.41, 5.74) is 0. The molecular formula is C20H42O2. The quantitative estimate of drug-likeness (QED) is 0.263. The maximum Gasteiger partial charge on any atom is 0.119 e. The van der Waals surface area contributed by atoms with Crippen molar-refractivity contribution >= 4 is 6.29 Å². The van der Waals surface area contributed by atoms with E-state index in [2.05, 4.69) is 13.8 Å². The van der Waals surface area contributed by atoms with Crippen LogP contribution in [0, 0.1) is 0 Å². The van der Waals surface area contributed by atoms with E-state index in [1.165, 1.54) is 83.5 Å². The summed E-state index contributed by atoms with van der Waals surface area (Å²) < 4.78 is 0. The van der Waals surface area contributed by atoms with E-state index in [4.69, 9.17) is 5.11 Å². The minimum atomic E-state index is 0.372. The number of rotatable bonds is 16. The SMILES string of the molecule is CCCCCCCC=O.CCCCCCCCCCCCO. The van der Waals surface area contributed by atoms with Gasteiger partial charge in [-0.2, -0.15) is 0 Å². The van der Waals surface area contributed by atoms with E-state index in [0.29, 0.717) is 6.61 Å². The number of aliphatic hydroxyl groups excluding tert-OH is 1. The van der Waals surface area contributed by atoms with Gasteiger partial charge < -0.3 is 9.90 Å². The smallest absolute Gasteiger partial charge is 0.119 e.